The molecule has 0 saturated carbocycles. The maximum atomic E-state index is 12.5. The lowest BCUT2D eigenvalue weighted by Gasteiger charge is -2.28. The third kappa shape index (κ3) is 2.59. The highest BCUT2D eigenvalue weighted by atomic mass is 16.2. The first kappa shape index (κ1) is 14.9. The van der Waals surface area contributed by atoms with Crippen LogP contribution in [0.1, 0.15) is 24.2 Å². The van der Waals surface area contributed by atoms with E-state index in [9.17, 15) is 9.59 Å². The summed E-state index contributed by atoms with van der Waals surface area (Å²) in [5, 5.41) is 1.16. The minimum atomic E-state index is -0.705. The van der Waals surface area contributed by atoms with Crippen molar-refractivity contribution in [2.24, 2.45) is 5.73 Å². The molecule has 6 heteroatoms. The molecule has 1 unspecified atom stereocenters. The van der Waals surface area contributed by atoms with Crippen molar-refractivity contribution < 1.29 is 9.59 Å². The molecule has 1 heterocycles. The van der Waals surface area contributed by atoms with Gasteiger partial charge in [-0.2, -0.15) is 0 Å². The quantitative estimate of drug-likeness (QED) is 0.914. The molecule has 4 amide bonds. The number of amides is 4. The third-order valence-corrected chi connectivity index (χ3v) is 3.89. The van der Waals surface area contributed by atoms with E-state index < -0.39 is 12.2 Å². The molecule has 2 aromatic rings. The van der Waals surface area contributed by atoms with Gasteiger partial charge in [-0.1, -0.05) is 55.5 Å². The fourth-order valence-corrected chi connectivity index (χ4v) is 2.83. The Morgan fingerprint density at radius 1 is 1.13 bits per heavy atom. The second-order valence-corrected chi connectivity index (χ2v) is 5.26. The van der Waals surface area contributed by atoms with Crippen molar-refractivity contribution >= 4 is 17.7 Å². The summed E-state index contributed by atoms with van der Waals surface area (Å²) in [5.74, 6) is 0. The number of carbonyl (C=O) groups excluding carboxylic acids is 2. The normalized spacial score (nSPS) is 17.3. The van der Waals surface area contributed by atoms with Crippen LogP contribution in [0.25, 0.3) is 0 Å². The van der Waals surface area contributed by atoms with Gasteiger partial charge in [0.25, 0.3) is 0 Å². The lowest BCUT2D eigenvalue weighted by Crippen LogP contribution is -2.43. The van der Waals surface area contributed by atoms with Crippen molar-refractivity contribution in [1.29, 1.82) is 0 Å². The van der Waals surface area contributed by atoms with Crippen LogP contribution in [0.2, 0.25) is 0 Å². The second-order valence-electron chi connectivity index (χ2n) is 5.26. The molecule has 0 bridgehead atoms. The lowest BCUT2D eigenvalue weighted by atomic mass is 10.1. The zero-order chi connectivity index (χ0) is 16.4. The number of hydrogen-bond donors (Lipinski definition) is 2. The van der Waals surface area contributed by atoms with E-state index in [0.29, 0.717) is 0 Å². The zero-order valence-corrected chi connectivity index (χ0v) is 12.8. The van der Waals surface area contributed by atoms with Gasteiger partial charge in [-0.3, -0.25) is 4.90 Å². The highest BCUT2D eigenvalue weighted by Gasteiger charge is 2.42. The molecule has 0 aliphatic carbocycles. The Morgan fingerprint density at radius 2 is 1.78 bits per heavy atom. The van der Waals surface area contributed by atoms with Crippen LogP contribution in [0.4, 0.5) is 15.3 Å². The van der Waals surface area contributed by atoms with Gasteiger partial charge in [0.15, 0.2) is 6.17 Å². The molecular weight excluding hydrogens is 292 g/mol. The average molecular weight is 310 g/mol. The summed E-state index contributed by atoms with van der Waals surface area (Å²) < 4.78 is 0. The van der Waals surface area contributed by atoms with E-state index in [1.54, 1.807) is 4.90 Å². The van der Waals surface area contributed by atoms with E-state index in [0.717, 1.165) is 28.2 Å². The summed E-state index contributed by atoms with van der Waals surface area (Å²) in [6, 6.07) is 15.9. The number of anilines is 1. The summed E-state index contributed by atoms with van der Waals surface area (Å²) in [6.45, 7) is 2.02. The number of urea groups is 2. The van der Waals surface area contributed by atoms with Gasteiger partial charge in [0, 0.05) is 0 Å². The van der Waals surface area contributed by atoms with E-state index in [-0.39, 0.29) is 6.03 Å². The first-order valence-electron chi connectivity index (χ1n) is 7.45. The molecule has 0 aromatic heterocycles. The zero-order valence-electron chi connectivity index (χ0n) is 12.8. The van der Waals surface area contributed by atoms with E-state index in [1.165, 1.54) is 0 Å². The van der Waals surface area contributed by atoms with Crippen molar-refractivity contribution in [1.82, 2.24) is 10.4 Å². The van der Waals surface area contributed by atoms with Crippen molar-refractivity contribution in [3.8, 4) is 0 Å². The van der Waals surface area contributed by atoms with Gasteiger partial charge in [0.2, 0.25) is 0 Å². The number of hydrazine groups is 1. The summed E-state index contributed by atoms with van der Waals surface area (Å²) in [5.41, 5.74) is 10.6. The first-order chi connectivity index (χ1) is 11.1. The lowest BCUT2D eigenvalue weighted by molar-refractivity contribution is 0.179. The molecule has 1 aliphatic heterocycles. The number of nitrogens with one attached hydrogen (secondary N) is 1. The van der Waals surface area contributed by atoms with Crippen LogP contribution < -0.4 is 16.1 Å². The number of rotatable bonds is 3. The molecule has 0 spiro atoms. The van der Waals surface area contributed by atoms with Gasteiger partial charge < -0.3 is 5.73 Å². The molecule has 1 saturated heterocycles. The van der Waals surface area contributed by atoms with Crippen LogP contribution in [-0.4, -0.2) is 17.1 Å². The van der Waals surface area contributed by atoms with E-state index in [4.69, 9.17) is 5.73 Å². The summed E-state index contributed by atoms with van der Waals surface area (Å²) >= 11 is 0. The molecule has 2 aromatic carbocycles. The third-order valence-electron chi connectivity index (χ3n) is 3.89. The number of primary amides is 1. The Bertz CT molecular complexity index is 732. The molecule has 6 nitrogen and oxygen atoms in total. The highest BCUT2D eigenvalue weighted by Crippen LogP contribution is 2.35. The van der Waals surface area contributed by atoms with Gasteiger partial charge >= 0.3 is 12.1 Å². The van der Waals surface area contributed by atoms with Crippen LogP contribution in [0.5, 0.6) is 0 Å². The SMILES string of the molecule is CCc1ccccc1N1C(=O)NN(C(N)=O)C1c1ccccc1. The fourth-order valence-electron chi connectivity index (χ4n) is 2.83. The van der Waals surface area contributed by atoms with Crippen molar-refractivity contribution in [3.63, 3.8) is 0 Å². The molecule has 118 valence electrons. The number of hydrogen-bond acceptors (Lipinski definition) is 2. The van der Waals surface area contributed by atoms with Gasteiger partial charge in [0.1, 0.15) is 0 Å². The summed E-state index contributed by atoms with van der Waals surface area (Å²) in [7, 11) is 0. The van der Waals surface area contributed by atoms with Crippen LogP contribution in [-0.2, 0) is 6.42 Å². The van der Waals surface area contributed by atoms with Crippen LogP contribution in [0.3, 0.4) is 0 Å². The smallest absolute Gasteiger partial charge is 0.342 e. The number of benzene rings is 2. The molecule has 0 radical (unpaired) electrons. The minimum absolute atomic E-state index is 0.376. The molecule has 1 atom stereocenters. The topological polar surface area (TPSA) is 78.7 Å². The monoisotopic (exact) mass is 310 g/mol. The maximum Gasteiger partial charge on any atom is 0.342 e. The van der Waals surface area contributed by atoms with Crippen LogP contribution in [0.15, 0.2) is 54.6 Å². The van der Waals surface area contributed by atoms with Crippen LogP contribution >= 0.6 is 0 Å². The van der Waals surface area contributed by atoms with Crippen molar-refractivity contribution in [2.75, 3.05) is 4.90 Å². The van der Waals surface area contributed by atoms with Gasteiger partial charge in [-0.25, -0.2) is 20.0 Å². The van der Waals surface area contributed by atoms with Gasteiger partial charge in [-0.15, -0.1) is 0 Å². The number of carbonyl (C=O) groups is 2. The largest absolute Gasteiger partial charge is 0.350 e. The minimum Gasteiger partial charge on any atom is -0.350 e. The molecule has 23 heavy (non-hydrogen) atoms. The number of nitrogens with two attached hydrogens (primary N) is 1. The van der Waals surface area contributed by atoms with E-state index >= 15 is 0 Å². The molecule has 1 aliphatic rings. The highest BCUT2D eigenvalue weighted by molar-refractivity contribution is 5.98. The number of aryl methyl sites for hydroxylation is 1. The Hall–Kier alpha value is -3.02. The Morgan fingerprint density at radius 3 is 2.43 bits per heavy atom. The summed E-state index contributed by atoms with van der Waals surface area (Å²) in [6.07, 6.45) is 0.159. The van der Waals surface area contributed by atoms with E-state index in [1.807, 2.05) is 61.5 Å². The summed E-state index contributed by atoms with van der Waals surface area (Å²) in [4.78, 5) is 25.8. The predicted molar refractivity (Wildman–Crippen MR) is 87.4 cm³/mol. The van der Waals surface area contributed by atoms with Gasteiger partial charge in [0.05, 0.1) is 5.69 Å². The second kappa shape index (κ2) is 6.00. The van der Waals surface area contributed by atoms with Crippen molar-refractivity contribution in [3.05, 3.63) is 65.7 Å². The Labute approximate surface area is 134 Å². The number of para-hydroxylation sites is 1. The first-order valence-corrected chi connectivity index (χ1v) is 7.45. The average Bonchev–Trinajstić information content (AvgIpc) is 2.93. The maximum absolute atomic E-state index is 12.5. The van der Waals surface area contributed by atoms with Crippen molar-refractivity contribution in [2.45, 2.75) is 19.5 Å². The molecule has 3 N–H and O–H groups in total. The molecule has 3 rings (SSSR count). The van der Waals surface area contributed by atoms with Crippen LogP contribution in [0, 0.1) is 0 Å². The molecule has 1 fully saturated rings. The fraction of sp³-hybridized carbons (Fsp3) is 0.176. The number of nitrogens with zero attached hydrogens (tertiary/aromatic N) is 2. The Kier molecular flexibility index (Phi) is 3.89. The Balaban J connectivity index is 2.13. The molecular formula is C17H18N4O2. The van der Waals surface area contributed by atoms with E-state index in [2.05, 4.69) is 5.43 Å². The predicted octanol–water partition coefficient (Wildman–Crippen LogP) is 2.77. The standard InChI is InChI=1S/C17H18N4O2/c1-2-12-8-6-7-11-14(12)20-15(13-9-4-3-5-10-13)21(16(18)22)19-17(20)23/h3-11,15H,2H2,1H3,(H2,18,22)(H,19,23). The van der Waals surface area contributed by atoms with Gasteiger partial charge in [-0.05, 0) is 23.6 Å².